The van der Waals surface area contributed by atoms with Gasteiger partial charge in [-0.3, -0.25) is 24.0 Å². The molecule has 13 nitrogen and oxygen atoms in total. The van der Waals surface area contributed by atoms with Gasteiger partial charge in [-0.1, -0.05) is 0 Å². The SMILES string of the molecule is CSCCC(NC(=O)C(N)CCC(N)=O)C(=O)NC(Cc1cnc[nH]1)C(=O)NCC(=O)O. The number of nitrogens with one attached hydrogen (secondary N) is 4. The highest BCUT2D eigenvalue weighted by atomic mass is 32.2. The Kier molecular flexibility index (Phi) is 11.8. The number of aromatic nitrogens is 2. The van der Waals surface area contributed by atoms with Crippen LogP contribution >= 0.6 is 11.8 Å². The lowest BCUT2D eigenvalue weighted by Crippen LogP contribution is -2.56. The zero-order chi connectivity index (χ0) is 24.1. The van der Waals surface area contributed by atoms with Crippen molar-refractivity contribution < 1.29 is 29.1 Å². The lowest BCUT2D eigenvalue weighted by Gasteiger charge is -2.23. The fraction of sp³-hybridized carbons (Fsp3) is 0.556. The molecule has 0 fully saturated rings. The number of imidazole rings is 1. The largest absolute Gasteiger partial charge is 0.480 e. The summed E-state index contributed by atoms with van der Waals surface area (Å²) in [5.41, 5.74) is 11.4. The molecule has 3 atom stereocenters. The molecule has 1 rings (SSSR count). The van der Waals surface area contributed by atoms with E-state index in [1.54, 1.807) is 0 Å². The van der Waals surface area contributed by atoms with Crippen LogP contribution in [0.25, 0.3) is 0 Å². The smallest absolute Gasteiger partial charge is 0.322 e. The summed E-state index contributed by atoms with van der Waals surface area (Å²) in [6.07, 6.45) is 4.93. The molecule has 0 aliphatic carbocycles. The van der Waals surface area contributed by atoms with Crippen LogP contribution in [-0.2, 0) is 30.4 Å². The number of carbonyl (C=O) groups excluding carboxylic acids is 4. The van der Waals surface area contributed by atoms with Crippen molar-refractivity contribution in [2.24, 2.45) is 11.5 Å². The average molecular weight is 472 g/mol. The molecule has 3 unspecified atom stereocenters. The molecular formula is C18H29N7O6S. The highest BCUT2D eigenvalue weighted by molar-refractivity contribution is 7.98. The van der Waals surface area contributed by atoms with Gasteiger partial charge in [0, 0.05) is 24.7 Å². The first-order chi connectivity index (χ1) is 15.1. The first-order valence-corrected chi connectivity index (χ1v) is 11.1. The number of amides is 4. The molecule has 1 heterocycles. The minimum Gasteiger partial charge on any atom is -0.480 e. The van der Waals surface area contributed by atoms with E-state index in [-0.39, 0.29) is 25.7 Å². The third-order valence-electron chi connectivity index (χ3n) is 4.31. The second kappa shape index (κ2) is 14.0. The van der Waals surface area contributed by atoms with E-state index in [9.17, 15) is 24.0 Å². The summed E-state index contributed by atoms with van der Waals surface area (Å²) in [6, 6.07) is -3.14. The molecule has 0 radical (unpaired) electrons. The molecule has 178 valence electrons. The molecule has 1 aromatic rings. The van der Waals surface area contributed by atoms with Gasteiger partial charge < -0.3 is 37.5 Å². The lowest BCUT2D eigenvalue weighted by molar-refractivity contribution is -0.138. The number of carbonyl (C=O) groups is 5. The Balaban J connectivity index is 2.88. The van der Waals surface area contributed by atoms with E-state index in [4.69, 9.17) is 16.6 Å². The number of hydrogen-bond acceptors (Lipinski definition) is 8. The quantitative estimate of drug-likeness (QED) is 0.143. The number of aliphatic carboxylic acids is 1. The molecule has 9 N–H and O–H groups in total. The summed E-state index contributed by atoms with van der Waals surface area (Å²) in [7, 11) is 0. The van der Waals surface area contributed by atoms with E-state index in [1.165, 1.54) is 24.3 Å². The van der Waals surface area contributed by atoms with Crippen molar-refractivity contribution in [2.45, 2.75) is 43.8 Å². The van der Waals surface area contributed by atoms with E-state index < -0.39 is 54.3 Å². The number of aromatic amines is 1. The maximum absolute atomic E-state index is 12.9. The summed E-state index contributed by atoms with van der Waals surface area (Å²) in [5, 5.41) is 16.1. The number of carboxylic acids is 1. The van der Waals surface area contributed by atoms with Gasteiger partial charge in [-0.25, -0.2) is 4.98 Å². The van der Waals surface area contributed by atoms with Crippen LogP contribution < -0.4 is 27.4 Å². The Morgan fingerprint density at radius 2 is 1.81 bits per heavy atom. The van der Waals surface area contributed by atoms with Crippen LogP contribution in [0.1, 0.15) is 25.0 Å². The van der Waals surface area contributed by atoms with Crippen molar-refractivity contribution >= 4 is 41.4 Å². The van der Waals surface area contributed by atoms with Gasteiger partial charge in [-0.05, 0) is 24.9 Å². The van der Waals surface area contributed by atoms with E-state index in [2.05, 4.69) is 25.9 Å². The second-order valence-corrected chi connectivity index (χ2v) is 7.89. The molecule has 0 aliphatic heterocycles. The van der Waals surface area contributed by atoms with Gasteiger partial charge in [0.2, 0.25) is 23.6 Å². The fourth-order valence-electron chi connectivity index (χ4n) is 2.60. The number of hydrogen-bond donors (Lipinski definition) is 7. The van der Waals surface area contributed by atoms with Gasteiger partial charge in [0.1, 0.15) is 18.6 Å². The standard InChI is InChI=1S/C18H29N7O6S/c1-32-5-4-12(24-16(29)11(19)2-3-14(20)26)18(31)25-13(6-10-7-21-9-23-10)17(30)22-8-15(27)28/h7,9,11-13H,2-6,8,19H2,1H3,(H2,20,26)(H,21,23)(H,22,30)(H,24,29)(H,25,31)(H,27,28). The van der Waals surface area contributed by atoms with Gasteiger partial charge in [0.05, 0.1) is 12.4 Å². The van der Waals surface area contributed by atoms with Crippen LogP contribution in [0, 0.1) is 0 Å². The first kappa shape index (κ1) is 26.9. The molecular weight excluding hydrogens is 442 g/mol. The molecule has 0 saturated heterocycles. The summed E-state index contributed by atoms with van der Waals surface area (Å²) in [6.45, 7) is -0.616. The molecule has 0 bridgehead atoms. The zero-order valence-electron chi connectivity index (χ0n) is 17.6. The molecule has 32 heavy (non-hydrogen) atoms. The maximum Gasteiger partial charge on any atom is 0.322 e. The average Bonchev–Trinajstić information content (AvgIpc) is 3.25. The minimum absolute atomic E-state index is 0.0259. The first-order valence-electron chi connectivity index (χ1n) is 9.74. The van der Waals surface area contributed by atoms with Crippen molar-refractivity contribution in [1.29, 1.82) is 0 Å². The summed E-state index contributed by atoms with van der Waals surface area (Å²) in [4.78, 5) is 66.0. The van der Waals surface area contributed by atoms with Gasteiger partial charge in [0.15, 0.2) is 0 Å². The number of primary amides is 1. The Morgan fingerprint density at radius 3 is 2.38 bits per heavy atom. The van der Waals surface area contributed by atoms with Crippen molar-refractivity contribution in [3.8, 4) is 0 Å². The Labute approximate surface area is 188 Å². The highest BCUT2D eigenvalue weighted by Gasteiger charge is 2.28. The Bertz CT molecular complexity index is 789. The predicted octanol–water partition coefficient (Wildman–Crippen LogP) is -2.53. The van der Waals surface area contributed by atoms with E-state index in [1.807, 2.05) is 6.26 Å². The van der Waals surface area contributed by atoms with Crippen molar-refractivity contribution in [2.75, 3.05) is 18.6 Å². The number of carboxylic acid groups (broad SMARTS) is 1. The molecule has 14 heteroatoms. The predicted molar refractivity (Wildman–Crippen MR) is 116 cm³/mol. The maximum atomic E-state index is 12.9. The molecule has 0 spiro atoms. The Morgan fingerprint density at radius 1 is 1.12 bits per heavy atom. The number of rotatable bonds is 15. The van der Waals surface area contributed by atoms with Crippen LogP contribution in [0.4, 0.5) is 0 Å². The molecule has 0 aromatic carbocycles. The molecule has 4 amide bonds. The summed E-state index contributed by atoms with van der Waals surface area (Å²) in [5.74, 6) is -3.27. The van der Waals surface area contributed by atoms with Crippen LogP contribution in [0.3, 0.4) is 0 Å². The Hall–Kier alpha value is -3.13. The van der Waals surface area contributed by atoms with Crippen LogP contribution in [0.5, 0.6) is 0 Å². The number of nitrogens with two attached hydrogens (primary N) is 2. The van der Waals surface area contributed by atoms with E-state index in [0.717, 1.165) is 0 Å². The van der Waals surface area contributed by atoms with Crippen molar-refractivity contribution in [1.82, 2.24) is 25.9 Å². The topological polar surface area (TPSA) is 222 Å². The van der Waals surface area contributed by atoms with Crippen LogP contribution in [-0.4, -0.2) is 81.4 Å². The highest BCUT2D eigenvalue weighted by Crippen LogP contribution is 2.05. The molecule has 1 aromatic heterocycles. The van der Waals surface area contributed by atoms with E-state index in [0.29, 0.717) is 11.4 Å². The summed E-state index contributed by atoms with van der Waals surface area (Å²) < 4.78 is 0. The minimum atomic E-state index is -1.24. The number of thioether (sulfide) groups is 1. The van der Waals surface area contributed by atoms with Crippen LogP contribution in [0.2, 0.25) is 0 Å². The molecule has 0 saturated carbocycles. The number of H-pyrrole nitrogens is 1. The number of nitrogens with zero attached hydrogens (tertiary/aromatic N) is 1. The van der Waals surface area contributed by atoms with Gasteiger partial charge in [0.25, 0.3) is 0 Å². The normalized spacial score (nSPS) is 13.4. The zero-order valence-corrected chi connectivity index (χ0v) is 18.4. The lowest BCUT2D eigenvalue weighted by atomic mass is 10.1. The van der Waals surface area contributed by atoms with E-state index >= 15 is 0 Å². The van der Waals surface area contributed by atoms with Crippen molar-refractivity contribution in [3.05, 3.63) is 18.2 Å². The van der Waals surface area contributed by atoms with Gasteiger partial charge in [-0.15, -0.1) is 0 Å². The van der Waals surface area contributed by atoms with Crippen LogP contribution in [0.15, 0.2) is 12.5 Å². The second-order valence-electron chi connectivity index (χ2n) is 6.91. The molecule has 0 aliphatic rings. The third-order valence-corrected chi connectivity index (χ3v) is 4.95. The third kappa shape index (κ3) is 10.3. The summed E-state index contributed by atoms with van der Waals surface area (Å²) >= 11 is 1.46. The van der Waals surface area contributed by atoms with Gasteiger partial charge in [-0.2, -0.15) is 11.8 Å². The fourth-order valence-corrected chi connectivity index (χ4v) is 3.07. The monoisotopic (exact) mass is 471 g/mol. The van der Waals surface area contributed by atoms with Crippen molar-refractivity contribution in [3.63, 3.8) is 0 Å². The van der Waals surface area contributed by atoms with Gasteiger partial charge >= 0.3 is 5.97 Å².